The normalized spacial score (nSPS) is 17.9. The molecule has 1 heterocycles. The molecule has 0 radical (unpaired) electrons. The van der Waals surface area contributed by atoms with Crippen molar-refractivity contribution in [2.24, 2.45) is 0 Å². The van der Waals surface area contributed by atoms with Gasteiger partial charge >= 0.3 is 0 Å². The number of hydrogen-bond donors (Lipinski definition) is 2. The number of rotatable bonds is 1. The lowest BCUT2D eigenvalue weighted by molar-refractivity contribution is -0.143. The van der Waals surface area contributed by atoms with Gasteiger partial charge in [0.2, 0.25) is 5.91 Å². The van der Waals surface area contributed by atoms with Crippen molar-refractivity contribution in [3.8, 4) is 0 Å². The van der Waals surface area contributed by atoms with E-state index in [9.17, 15) is 18.8 Å². The minimum absolute atomic E-state index is 0.0689. The second kappa shape index (κ2) is 4.59. The second-order valence-electron chi connectivity index (χ2n) is 5.06. The summed E-state index contributed by atoms with van der Waals surface area (Å²) in [5.41, 5.74) is 4.46. The smallest absolute Gasteiger partial charge is 0.257 e. The zero-order valence-electron chi connectivity index (χ0n) is 11.1. The quantitative estimate of drug-likeness (QED) is 0.570. The molecular weight excluding hydrogens is 265 g/mol. The highest BCUT2D eigenvalue weighted by atomic mass is 19.1. The van der Waals surface area contributed by atoms with Crippen LogP contribution in [0.4, 0.5) is 10.1 Å². The minimum atomic E-state index is -1.22. The van der Waals surface area contributed by atoms with Gasteiger partial charge in [0.15, 0.2) is 0 Å². The van der Waals surface area contributed by atoms with Crippen molar-refractivity contribution >= 4 is 23.4 Å². The molecule has 20 heavy (non-hydrogen) atoms. The number of hydrogen-bond acceptors (Lipinski definition) is 4. The molecule has 1 saturated heterocycles. The Balaban J connectivity index is 2.43. The Kier molecular flexibility index (Phi) is 3.21. The van der Waals surface area contributed by atoms with Crippen molar-refractivity contribution < 1.29 is 18.8 Å². The van der Waals surface area contributed by atoms with Crippen LogP contribution < -0.4 is 11.1 Å². The van der Waals surface area contributed by atoms with Crippen molar-refractivity contribution in [2.45, 2.75) is 19.4 Å². The molecule has 1 fully saturated rings. The van der Waals surface area contributed by atoms with Gasteiger partial charge in [0.1, 0.15) is 17.9 Å². The van der Waals surface area contributed by atoms with Gasteiger partial charge in [-0.25, -0.2) is 4.39 Å². The topological polar surface area (TPSA) is 92.5 Å². The number of anilines is 1. The maximum absolute atomic E-state index is 13.2. The summed E-state index contributed by atoms with van der Waals surface area (Å²) in [6.45, 7) is 2.72. The largest absolute Gasteiger partial charge is 0.398 e. The Morgan fingerprint density at radius 2 is 2.05 bits per heavy atom. The summed E-state index contributed by atoms with van der Waals surface area (Å²) in [6.07, 6.45) is 0. The van der Waals surface area contributed by atoms with Crippen LogP contribution in [0.15, 0.2) is 18.2 Å². The first kappa shape index (κ1) is 14.0. The molecule has 0 atom stereocenters. The third-order valence-corrected chi connectivity index (χ3v) is 3.28. The molecule has 106 valence electrons. The fraction of sp³-hybridized carbons (Fsp3) is 0.308. The number of nitrogen functional groups attached to an aromatic ring is 1. The lowest BCUT2D eigenvalue weighted by Crippen LogP contribution is -2.65. The fourth-order valence-corrected chi connectivity index (χ4v) is 1.97. The first-order valence-electron chi connectivity index (χ1n) is 5.95. The molecule has 3 amide bonds. The Bertz CT molecular complexity index is 613. The van der Waals surface area contributed by atoms with Crippen molar-refractivity contribution in [3.63, 3.8) is 0 Å². The molecule has 1 aliphatic heterocycles. The lowest BCUT2D eigenvalue weighted by atomic mass is 9.97. The summed E-state index contributed by atoms with van der Waals surface area (Å²) < 4.78 is 13.2. The molecule has 0 unspecified atom stereocenters. The van der Waals surface area contributed by atoms with Gasteiger partial charge in [-0.3, -0.25) is 19.7 Å². The van der Waals surface area contributed by atoms with E-state index in [1.165, 1.54) is 19.9 Å². The number of halogens is 1. The fourth-order valence-electron chi connectivity index (χ4n) is 1.97. The van der Waals surface area contributed by atoms with Crippen LogP contribution in [0.5, 0.6) is 0 Å². The summed E-state index contributed by atoms with van der Waals surface area (Å²) in [6, 6.07) is 3.39. The molecule has 0 aliphatic carbocycles. The van der Waals surface area contributed by atoms with Gasteiger partial charge in [-0.2, -0.15) is 0 Å². The molecule has 0 spiro atoms. The Morgan fingerprint density at radius 3 is 2.70 bits per heavy atom. The summed E-state index contributed by atoms with van der Waals surface area (Å²) in [7, 11) is 0. The van der Waals surface area contributed by atoms with Gasteiger partial charge < -0.3 is 10.6 Å². The van der Waals surface area contributed by atoms with Gasteiger partial charge in [0.25, 0.3) is 11.8 Å². The van der Waals surface area contributed by atoms with Gasteiger partial charge in [0, 0.05) is 5.69 Å². The highest BCUT2D eigenvalue weighted by molar-refractivity contribution is 6.10. The lowest BCUT2D eigenvalue weighted by Gasteiger charge is -2.40. The molecule has 0 bridgehead atoms. The first-order chi connectivity index (χ1) is 9.23. The van der Waals surface area contributed by atoms with Crippen LogP contribution in [0, 0.1) is 5.82 Å². The van der Waals surface area contributed by atoms with Gasteiger partial charge in [-0.1, -0.05) is 0 Å². The molecule has 0 aromatic heterocycles. The Labute approximate surface area is 114 Å². The van der Waals surface area contributed by atoms with Crippen LogP contribution in [-0.4, -0.2) is 34.7 Å². The molecule has 1 aromatic carbocycles. The van der Waals surface area contributed by atoms with E-state index in [-0.39, 0.29) is 17.8 Å². The Morgan fingerprint density at radius 1 is 1.40 bits per heavy atom. The van der Waals surface area contributed by atoms with Crippen molar-refractivity contribution in [2.75, 3.05) is 12.3 Å². The monoisotopic (exact) mass is 279 g/mol. The molecule has 1 aromatic rings. The molecular formula is C13H14FN3O3. The summed E-state index contributed by atoms with van der Waals surface area (Å²) in [4.78, 5) is 36.7. The number of carbonyl (C=O) groups is 3. The average Bonchev–Trinajstić information content (AvgIpc) is 2.36. The van der Waals surface area contributed by atoms with E-state index in [0.29, 0.717) is 0 Å². The van der Waals surface area contributed by atoms with Crippen LogP contribution in [0.3, 0.4) is 0 Å². The predicted octanol–water partition coefficient (Wildman–Crippen LogP) is 0.285. The van der Waals surface area contributed by atoms with E-state index in [2.05, 4.69) is 5.32 Å². The number of nitrogens with one attached hydrogen (secondary N) is 1. The molecule has 6 nitrogen and oxygen atoms in total. The molecule has 3 N–H and O–H groups in total. The SMILES string of the molecule is CC1(C)C(=O)NC(=O)CN1C(=O)c1cc(F)ccc1N. The van der Waals surface area contributed by atoms with Crippen LogP contribution in [0.25, 0.3) is 0 Å². The predicted molar refractivity (Wildman–Crippen MR) is 69.1 cm³/mol. The summed E-state index contributed by atoms with van der Waals surface area (Å²) >= 11 is 0. The number of carbonyl (C=O) groups excluding carboxylic acids is 3. The maximum atomic E-state index is 13.2. The van der Waals surface area contributed by atoms with Crippen molar-refractivity contribution in [1.29, 1.82) is 0 Å². The number of imide groups is 1. The van der Waals surface area contributed by atoms with E-state index in [0.717, 1.165) is 17.0 Å². The summed E-state index contributed by atoms with van der Waals surface area (Å²) in [5.74, 6) is -2.45. The van der Waals surface area contributed by atoms with E-state index < -0.39 is 29.1 Å². The van der Waals surface area contributed by atoms with Crippen LogP contribution in [0.1, 0.15) is 24.2 Å². The third kappa shape index (κ3) is 2.22. The zero-order chi connectivity index (χ0) is 15.1. The number of benzene rings is 1. The highest BCUT2D eigenvalue weighted by Gasteiger charge is 2.44. The maximum Gasteiger partial charge on any atom is 0.257 e. The van der Waals surface area contributed by atoms with E-state index in [1.54, 1.807) is 0 Å². The third-order valence-electron chi connectivity index (χ3n) is 3.28. The number of nitrogens with zero attached hydrogens (tertiary/aromatic N) is 1. The van der Waals surface area contributed by atoms with E-state index >= 15 is 0 Å². The Hall–Kier alpha value is -2.44. The van der Waals surface area contributed by atoms with Gasteiger partial charge in [-0.05, 0) is 32.0 Å². The number of amides is 3. The van der Waals surface area contributed by atoms with Crippen molar-refractivity contribution in [3.05, 3.63) is 29.6 Å². The number of piperazine rings is 1. The zero-order valence-corrected chi connectivity index (χ0v) is 11.1. The standard InChI is InChI=1S/C13H14FN3O3/c1-13(2)12(20)16-10(18)6-17(13)11(19)8-5-7(14)3-4-9(8)15/h3-5H,6,15H2,1-2H3,(H,16,18,20). The van der Waals surface area contributed by atoms with Crippen LogP contribution >= 0.6 is 0 Å². The molecule has 7 heteroatoms. The number of nitrogens with two attached hydrogens (primary N) is 1. The van der Waals surface area contributed by atoms with Crippen LogP contribution in [-0.2, 0) is 9.59 Å². The second-order valence-corrected chi connectivity index (χ2v) is 5.06. The van der Waals surface area contributed by atoms with Crippen molar-refractivity contribution in [1.82, 2.24) is 10.2 Å². The van der Waals surface area contributed by atoms with Gasteiger partial charge in [0.05, 0.1) is 5.56 Å². The van der Waals surface area contributed by atoms with Gasteiger partial charge in [-0.15, -0.1) is 0 Å². The van der Waals surface area contributed by atoms with E-state index in [4.69, 9.17) is 5.73 Å². The molecule has 1 aliphatic rings. The molecule has 2 rings (SSSR count). The highest BCUT2D eigenvalue weighted by Crippen LogP contribution is 2.24. The first-order valence-corrected chi connectivity index (χ1v) is 5.95. The molecule has 0 saturated carbocycles. The van der Waals surface area contributed by atoms with Crippen LogP contribution in [0.2, 0.25) is 0 Å². The average molecular weight is 279 g/mol. The van der Waals surface area contributed by atoms with E-state index in [1.807, 2.05) is 0 Å². The minimum Gasteiger partial charge on any atom is -0.398 e. The summed E-state index contributed by atoms with van der Waals surface area (Å²) in [5, 5.41) is 2.15.